The van der Waals surface area contributed by atoms with Gasteiger partial charge in [-0.2, -0.15) is 8.42 Å². The van der Waals surface area contributed by atoms with Gasteiger partial charge in [-0.15, -0.1) is 0 Å². The van der Waals surface area contributed by atoms with E-state index in [2.05, 4.69) is 6.92 Å². The summed E-state index contributed by atoms with van der Waals surface area (Å²) in [6, 6.07) is 7.99. The Morgan fingerprint density at radius 2 is 0.525 bits per heavy atom. The van der Waals surface area contributed by atoms with Crippen molar-refractivity contribution in [2.75, 3.05) is 165 Å². The number of unbranched alkanes of at least 4 members (excludes halogenated alkanes) is 12. The highest BCUT2D eigenvalue weighted by Crippen LogP contribution is 2.13. The Morgan fingerprint density at radius 1 is 0.295 bits per heavy atom. The minimum atomic E-state index is -3.76. The topological polar surface area (TPSA) is 154 Å². The van der Waals surface area contributed by atoms with Crippen LogP contribution in [0.5, 0.6) is 0 Å². The van der Waals surface area contributed by atoms with Gasteiger partial charge in [-0.05, 0) is 18.6 Å². The van der Waals surface area contributed by atoms with Crippen LogP contribution in [0.15, 0.2) is 35.2 Å². The summed E-state index contributed by atoms with van der Waals surface area (Å²) >= 11 is 0. The van der Waals surface area contributed by atoms with Crippen molar-refractivity contribution in [1.29, 1.82) is 0 Å². The normalized spacial score (nSPS) is 11.9. The molecule has 0 aliphatic heterocycles. The summed E-state index contributed by atoms with van der Waals surface area (Å²) in [5, 5.41) is 0. The van der Waals surface area contributed by atoms with E-state index >= 15 is 0 Å². The molecule has 0 amide bonds. The van der Waals surface area contributed by atoms with Crippen LogP contribution in [-0.2, 0) is 71.1 Å². The maximum Gasteiger partial charge on any atom is 0.297 e. The van der Waals surface area contributed by atoms with Gasteiger partial charge in [0, 0.05) is 6.61 Å². The quantitative estimate of drug-likeness (QED) is 0.0504. The van der Waals surface area contributed by atoms with E-state index < -0.39 is 10.1 Å². The Morgan fingerprint density at radius 3 is 0.803 bits per heavy atom. The Balaban J connectivity index is 1.62. The molecule has 0 atom stereocenters. The molecule has 61 heavy (non-hydrogen) atoms. The van der Waals surface area contributed by atoms with E-state index in [9.17, 15) is 8.42 Å². The second-order valence-electron chi connectivity index (χ2n) is 14.2. The lowest BCUT2D eigenvalue weighted by atomic mass is 10.0. The first-order valence-corrected chi connectivity index (χ1v) is 24.4. The van der Waals surface area contributed by atoms with Gasteiger partial charge in [0.05, 0.1) is 163 Å². The van der Waals surface area contributed by atoms with Gasteiger partial charge in [-0.1, -0.05) is 102 Å². The van der Waals surface area contributed by atoms with Crippen LogP contribution in [0.25, 0.3) is 0 Å². The molecule has 0 saturated carbocycles. The molecular formula is C45H84O15S. The molecule has 0 spiro atoms. The highest BCUT2D eigenvalue weighted by atomic mass is 32.2. The Hall–Kier alpha value is -1.35. The largest absolute Gasteiger partial charge is 0.379 e. The van der Waals surface area contributed by atoms with E-state index in [1.807, 2.05) is 0 Å². The predicted molar refractivity (Wildman–Crippen MR) is 235 cm³/mol. The SMILES string of the molecule is CCCCCCCCCCCCCCCOCCOCCOCCOCCOCCOCCOCCOCCOCCOCCOCCOCCOS(=O)(=O)c1ccccc1. The van der Waals surface area contributed by atoms with E-state index in [4.69, 9.17) is 61.0 Å². The van der Waals surface area contributed by atoms with Crippen LogP contribution >= 0.6 is 0 Å². The van der Waals surface area contributed by atoms with Crippen LogP contribution in [-0.4, -0.2) is 174 Å². The van der Waals surface area contributed by atoms with Gasteiger partial charge < -0.3 is 56.8 Å². The minimum absolute atomic E-state index is 0.0590. The average molecular weight is 897 g/mol. The van der Waals surface area contributed by atoms with Gasteiger partial charge in [0.2, 0.25) is 0 Å². The standard InChI is InChI=1S/C45H84O15S/c1-2-3-4-5-6-7-8-9-10-11-12-13-17-20-48-21-22-49-23-24-50-25-26-51-27-28-52-29-30-53-31-32-54-33-34-55-35-36-56-37-38-57-39-40-58-41-42-59-43-44-60-61(46,47)45-18-15-14-16-19-45/h14-16,18-19H,2-13,17,20-44H2,1H3. The van der Waals surface area contributed by atoms with Crippen molar-refractivity contribution in [3.8, 4) is 0 Å². The molecule has 16 heteroatoms. The van der Waals surface area contributed by atoms with Gasteiger partial charge >= 0.3 is 0 Å². The summed E-state index contributed by atoms with van der Waals surface area (Å²) in [6.45, 7) is 14.0. The Kier molecular flexibility index (Phi) is 45.5. The third-order valence-corrected chi connectivity index (χ3v) is 10.3. The van der Waals surface area contributed by atoms with Gasteiger partial charge in [0.25, 0.3) is 10.1 Å². The van der Waals surface area contributed by atoms with E-state index in [1.165, 1.54) is 89.2 Å². The van der Waals surface area contributed by atoms with Crippen molar-refractivity contribution in [1.82, 2.24) is 0 Å². The van der Waals surface area contributed by atoms with Crippen molar-refractivity contribution in [3.05, 3.63) is 30.3 Å². The summed E-state index contributed by atoms with van der Waals surface area (Å²) in [5.74, 6) is 0. The molecule has 0 heterocycles. The maximum absolute atomic E-state index is 12.0. The smallest absolute Gasteiger partial charge is 0.297 e. The lowest BCUT2D eigenvalue weighted by Gasteiger charge is -2.09. The van der Waals surface area contributed by atoms with Crippen LogP contribution in [0.4, 0.5) is 0 Å². The molecule has 0 fully saturated rings. The molecule has 1 rings (SSSR count). The van der Waals surface area contributed by atoms with E-state index in [0.29, 0.717) is 145 Å². The second-order valence-corrected chi connectivity index (χ2v) is 15.8. The number of hydrogen-bond acceptors (Lipinski definition) is 15. The molecule has 0 saturated heterocycles. The molecular weight excluding hydrogens is 813 g/mol. The molecule has 0 aliphatic rings. The zero-order valence-corrected chi connectivity index (χ0v) is 38.6. The second kappa shape index (κ2) is 48.1. The van der Waals surface area contributed by atoms with Crippen molar-refractivity contribution < 1.29 is 69.4 Å². The molecule has 0 aromatic heterocycles. The molecule has 0 unspecified atom stereocenters. The van der Waals surface area contributed by atoms with Crippen LogP contribution in [0, 0.1) is 0 Å². The first-order chi connectivity index (χ1) is 30.2. The summed E-state index contributed by atoms with van der Waals surface area (Å²) in [6.07, 6.45) is 17.7. The molecule has 0 bridgehead atoms. The van der Waals surface area contributed by atoms with Crippen LogP contribution in [0.3, 0.4) is 0 Å². The zero-order chi connectivity index (χ0) is 43.7. The summed E-state index contributed by atoms with van der Waals surface area (Å²) in [5.41, 5.74) is 0. The van der Waals surface area contributed by atoms with E-state index in [-0.39, 0.29) is 18.1 Å². The van der Waals surface area contributed by atoms with Crippen molar-refractivity contribution in [3.63, 3.8) is 0 Å². The fourth-order valence-corrected chi connectivity index (χ4v) is 6.51. The van der Waals surface area contributed by atoms with Gasteiger partial charge in [0.1, 0.15) is 0 Å². The van der Waals surface area contributed by atoms with Crippen LogP contribution < -0.4 is 0 Å². The first-order valence-electron chi connectivity index (χ1n) is 23.0. The molecule has 1 aromatic carbocycles. The number of ether oxygens (including phenoxy) is 12. The van der Waals surface area contributed by atoms with Gasteiger partial charge in [-0.3, -0.25) is 4.18 Å². The number of hydrogen-bond donors (Lipinski definition) is 0. The third kappa shape index (κ3) is 43.7. The predicted octanol–water partition coefficient (Wildman–Crippen LogP) is 6.68. The molecule has 0 aliphatic carbocycles. The molecule has 15 nitrogen and oxygen atoms in total. The molecule has 0 radical (unpaired) electrons. The zero-order valence-electron chi connectivity index (χ0n) is 37.8. The Bertz CT molecular complexity index is 1090. The van der Waals surface area contributed by atoms with Crippen molar-refractivity contribution in [2.45, 2.75) is 95.3 Å². The van der Waals surface area contributed by atoms with E-state index in [0.717, 1.165) is 13.0 Å². The minimum Gasteiger partial charge on any atom is -0.379 e. The maximum atomic E-state index is 12.0. The van der Waals surface area contributed by atoms with Crippen molar-refractivity contribution >= 4 is 10.1 Å². The van der Waals surface area contributed by atoms with Gasteiger partial charge in [-0.25, -0.2) is 0 Å². The van der Waals surface area contributed by atoms with Crippen LogP contribution in [0.1, 0.15) is 90.4 Å². The summed E-state index contributed by atoms with van der Waals surface area (Å²) < 4.78 is 95.0. The van der Waals surface area contributed by atoms with Crippen LogP contribution in [0.2, 0.25) is 0 Å². The fourth-order valence-electron chi connectivity index (χ4n) is 5.60. The van der Waals surface area contributed by atoms with E-state index in [1.54, 1.807) is 18.2 Å². The highest BCUT2D eigenvalue weighted by Gasteiger charge is 2.13. The Labute approximate surface area is 369 Å². The summed E-state index contributed by atoms with van der Waals surface area (Å²) in [7, 11) is -3.76. The number of rotatable bonds is 52. The molecule has 1 aromatic rings. The van der Waals surface area contributed by atoms with Gasteiger partial charge in [0.15, 0.2) is 0 Å². The monoisotopic (exact) mass is 897 g/mol. The van der Waals surface area contributed by atoms with Crippen molar-refractivity contribution in [2.24, 2.45) is 0 Å². The summed E-state index contributed by atoms with van der Waals surface area (Å²) in [4.78, 5) is 0.121. The molecule has 360 valence electrons. The fraction of sp³-hybridized carbons (Fsp3) is 0.867. The lowest BCUT2D eigenvalue weighted by Crippen LogP contribution is -2.16. The lowest BCUT2D eigenvalue weighted by molar-refractivity contribution is -0.0285. The highest BCUT2D eigenvalue weighted by molar-refractivity contribution is 7.86. The molecule has 0 N–H and O–H groups in total. The average Bonchev–Trinajstić information content (AvgIpc) is 3.27. The number of benzene rings is 1. The third-order valence-electron chi connectivity index (χ3n) is 8.98. The first kappa shape index (κ1) is 57.7.